The minimum Gasteiger partial charge on any atom is -0.383 e. The van der Waals surface area contributed by atoms with Crippen LogP contribution in [0.25, 0.3) is 0 Å². The first-order chi connectivity index (χ1) is 10.1. The lowest BCUT2D eigenvalue weighted by Crippen LogP contribution is -2.36. The lowest BCUT2D eigenvalue weighted by molar-refractivity contribution is 0.182. The van der Waals surface area contributed by atoms with Gasteiger partial charge in [0.25, 0.3) is 0 Å². The van der Waals surface area contributed by atoms with Gasteiger partial charge >= 0.3 is 0 Å². The summed E-state index contributed by atoms with van der Waals surface area (Å²) >= 11 is 1.84. The van der Waals surface area contributed by atoms with E-state index in [2.05, 4.69) is 37.9 Å². The number of likely N-dealkylation sites (N-methyl/N-ethyl adjacent to an activating group) is 1. The summed E-state index contributed by atoms with van der Waals surface area (Å²) in [4.78, 5) is 8.68. The van der Waals surface area contributed by atoms with Gasteiger partial charge in [0.2, 0.25) is 0 Å². The van der Waals surface area contributed by atoms with Crippen molar-refractivity contribution in [3.63, 3.8) is 0 Å². The van der Waals surface area contributed by atoms with Crippen LogP contribution in [0.3, 0.4) is 0 Å². The van der Waals surface area contributed by atoms with E-state index in [4.69, 9.17) is 9.72 Å². The maximum Gasteiger partial charge on any atom is 0.186 e. The third kappa shape index (κ3) is 4.41. The topological polar surface area (TPSA) is 37.4 Å². The zero-order valence-corrected chi connectivity index (χ0v) is 14.8. The van der Waals surface area contributed by atoms with Crippen molar-refractivity contribution in [1.82, 2.24) is 10.3 Å². The van der Waals surface area contributed by atoms with Crippen molar-refractivity contribution < 1.29 is 4.74 Å². The largest absolute Gasteiger partial charge is 0.383 e. The van der Waals surface area contributed by atoms with E-state index in [1.54, 1.807) is 7.11 Å². The molecule has 0 bridgehead atoms. The molecule has 5 heteroatoms. The maximum atomic E-state index is 5.30. The number of rotatable bonds is 9. The molecule has 0 amide bonds. The van der Waals surface area contributed by atoms with Gasteiger partial charge in [0.15, 0.2) is 5.13 Å². The fraction of sp³-hybridized carbons (Fsp3) is 0.812. The standard InChI is InChI=1S/C16H29N3OS/c1-6-19(12(4)10-20-5)16-18-15(11(2)3)14(21-16)9-17-13-7-8-13/h11-13,17H,6-10H2,1-5H3. The van der Waals surface area contributed by atoms with Crippen LogP contribution >= 0.6 is 11.3 Å². The number of hydrogen-bond acceptors (Lipinski definition) is 5. The highest BCUT2D eigenvalue weighted by Crippen LogP contribution is 2.32. The average Bonchev–Trinajstić information content (AvgIpc) is 3.17. The Kier molecular flexibility index (Phi) is 6.02. The molecule has 2 rings (SSSR count). The number of anilines is 1. The van der Waals surface area contributed by atoms with Crippen LogP contribution in [-0.4, -0.2) is 37.3 Å². The molecule has 1 aliphatic carbocycles. The molecule has 0 saturated heterocycles. The number of ether oxygens (including phenoxy) is 1. The molecule has 21 heavy (non-hydrogen) atoms. The highest BCUT2D eigenvalue weighted by Gasteiger charge is 2.24. The summed E-state index contributed by atoms with van der Waals surface area (Å²) in [5.41, 5.74) is 1.26. The number of nitrogens with zero attached hydrogens (tertiary/aromatic N) is 2. The molecule has 1 fully saturated rings. The van der Waals surface area contributed by atoms with E-state index in [1.807, 2.05) is 11.3 Å². The van der Waals surface area contributed by atoms with Gasteiger partial charge in [-0.1, -0.05) is 13.8 Å². The van der Waals surface area contributed by atoms with Gasteiger partial charge in [-0.15, -0.1) is 11.3 Å². The Morgan fingerprint density at radius 2 is 2.10 bits per heavy atom. The molecular formula is C16H29N3OS. The Hall–Kier alpha value is -0.650. The van der Waals surface area contributed by atoms with E-state index in [0.29, 0.717) is 12.0 Å². The van der Waals surface area contributed by atoms with Crippen LogP contribution in [0.4, 0.5) is 5.13 Å². The maximum absolute atomic E-state index is 5.30. The average molecular weight is 311 g/mol. The van der Waals surface area contributed by atoms with Crippen molar-refractivity contribution >= 4 is 16.5 Å². The highest BCUT2D eigenvalue weighted by atomic mass is 32.1. The molecule has 1 atom stereocenters. The fourth-order valence-corrected chi connectivity index (χ4v) is 3.87. The van der Waals surface area contributed by atoms with Gasteiger partial charge in [0, 0.05) is 31.1 Å². The summed E-state index contributed by atoms with van der Waals surface area (Å²) in [7, 11) is 1.76. The Morgan fingerprint density at radius 3 is 2.62 bits per heavy atom. The number of nitrogens with one attached hydrogen (secondary N) is 1. The second-order valence-electron chi connectivity index (χ2n) is 6.21. The normalized spacial score (nSPS) is 16.5. The second kappa shape index (κ2) is 7.56. The number of hydrogen-bond donors (Lipinski definition) is 1. The Labute approximate surface area is 132 Å². The number of methoxy groups -OCH3 is 1. The molecule has 1 aromatic rings. The van der Waals surface area contributed by atoms with Crippen molar-refractivity contribution in [1.29, 1.82) is 0 Å². The van der Waals surface area contributed by atoms with Gasteiger partial charge in [0.1, 0.15) is 0 Å². The second-order valence-corrected chi connectivity index (χ2v) is 7.27. The minimum absolute atomic E-state index is 0.357. The van der Waals surface area contributed by atoms with Gasteiger partial charge in [-0.2, -0.15) is 0 Å². The van der Waals surface area contributed by atoms with Gasteiger partial charge < -0.3 is 15.0 Å². The minimum atomic E-state index is 0.357. The van der Waals surface area contributed by atoms with Crippen LogP contribution in [0.15, 0.2) is 0 Å². The first kappa shape index (κ1) is 16.7. The zero-order valence-electron chi connectivity index (χ0n) is 14.0. The molecule has 1 unspecified atom stereocenters. The molecule has 0 aliphatic heterocycles. The highest BCUT2D eigenvalue weighted by molar-refractivity contribution is 7.15. The van der Waals surface area contributed by atoms with Crippen LogP contribution in [0, 0.1) is 0 Å². The van der Waals surface area contributed by atoms with Gasteiger partial charge in [-0.05, 0) is 32.6 Å². The molecule has 1 aliphatic rings. The van der Waals surface area contributed by atoms with Crippen molar-refractivity contribution in [2.24, 2.45) is 0 Å². The summed E-state index contributed by atoms with van der Waals surface area (Å²) in [6, 6.07) is 1.10. The zero-order chi connectivity index (χ0) is 15.4. The predicted octanol–water partition coefficient (Wildman–Crippen LogP) is 3.38. The van der Waals surface area contributed by atoms with Gasteiger partial charge in [-0.3, -0.25) is 0 Å². The van der Waals surface area contributed by atoms with E-state index in [1.165, 1.54) is 23.4 Å². The summed E-state index contributed by atoms with van der Waals surface area (Å²) in [5, 5.41) is 4.76. The van der Waals surface area contributed by atoms with Crippen molar-refractivity contribution in [3.8, 4) is 0 Å². The molecule has 1 aromatic heterocycles. The van der Waals surface area contributed by atoms with Crippen LogP contribution < -0.4 is 10.2 Å². The fourth-order valence-electron chi connectivity index (χ4n) is 2.54. The van der Waals surface area contributed by atoms with E-state index in [0.717, 1.165) is 30.9 Å². The smallest absolute Gasteiger partial charge is 0.186 e. The quantitative estimate of drug-likeness (QED) is 0.758. The summed E-state index contributed by atoms with van der Waals surface area (Å²) in [6.45, 7) is 11.5. The molecule has 0 radical (unpaired) electrons. The Balaban J connectivity index is 2.15. The number of aromatic nitrogens is 1. The van der Waals surface area contributed by atoms with Crippen LogP contribution in [0.1, 0.15) is 57.0 Å². The molecule has 0 aromatic carbocycles. The summed E-state index contributed by atoms with van der Waals surface area (Å²) in [5.74, 6) is 0.474. The molecule has 4 nitrogen and oxygen atoms in total. The predicted molar refractivity (Wildman–Crippen MR) is 90.4 cm³/mol. The molecule has 120 valence electrons. The van der Waals surface area contributed by atoms with Crippen LogP contribution in [0.2, 0.25) is 0 Å². The van der Waals surface area contributed by atoms with Crippen molar-refractivity contribution in [2.75, 3.05) is 25.2 Å². The van der Waals surface area contributed by atoms with E-state index in [9.17, 15) is 0 Å². The Morgan fingerprint density at radius 1 is 1.38 bits per heavy atom. The third-order valence-electron chi connectivity index (χ3n) is 3.92. The molecular weight excluding hydrogens is 282 g/mol. The summed E-state index contributed by atoms with van der Waals surface area (Å²) in [6.07, 6.45) is 2.66. The molecule has 0 spiro atoms. The molecule has 1 heterocycles. The molecule has 1 N–H and O–H groups in total. The van der Waals surface area contributed by atoms with E-state index in [-0.39, 0.29) is 0 Å². The third-order valence-corrected chi connectivity index (χ3v) is 5.03. The summed E-state index contributed by atoms with van der Waals surface area (Å²) < 4.78 is 5.30. The van der Waals surface area contributed by atoms with Crippen LogP contribution in [0.5, 0.6) is 0 Å². The van der Waals surface area contributed by atoms with Crippen molar-refractivity contribution in [2.45, 2.75) is 65.1 Å². The van der Waals surface area contributed by atoms with E-state index >= 15 is 0 Å². The van der Waals surface area contributed by atoms with Gasteiger partial charge in [-0.25, -0.2) is 4.98 Å². The van der Waals surface area contributed by atoms with Crippen molar-refractivity contribution in [3.05, 3.63) is 10.6 Å². The lowest BCUT2D eigenvalue weighted by Gasteiger charge is -2.26. The Bertz CT molecular complexity index is 443. The van der Waals surface area contributed by atoms with E-state index < -0.39 is 0 Å². The first-order valence-corrected chi connectivity index (χ1v) is 8.87. The molecule has 1 saturated carbocycles. The first-order valence-electron chi connectivity index (χ1n) is 8.05. The monoisotopic (exact) mass is 311 g/mol. The van der Waals surface area contributed by atoms with Crippen LogP contribution in [-0.2, 0) is 11.3 Å². The lowest BCUT2D eigenvalue weighted by atomic mass is 10.1. The SMILES string of the molecule is CCN(c1nc(C(C)C)c(CNC2CC2)s1)C(C)COC. The van der Waals surface area contributed by atoms with Gasteiger partial charge in [0.05, 0.1) is 18.3 Å². The number of thiazole rings is 1.